The number of phenols is 1. The van der Waals surface area contributed by atoms with Crippen LogP contribution < -0.4 is 11.1 Å². The molecule has 0 unspecified atom stereocenters. The average Bonchev–Trinajstić information content (AvgIpc) is 2.38. The highest BCUT2D eigenvalue weighted by Gasteiger charge is 2.14. The van der Waals surface area contributed by atoms with Crippen LogP contribution in [-0.4, -0.2) is 11.0 Å². The van der Waals surface area contributed by atoms with Crippen molar-refractivity contribution in [3.63, 3.8) is 0 Å². The third kappa shape index (κ3) is 2.91. The lowest BCUT2D eigenvalue weighted by molar-refractivity contribution is 0.102. The Hall–Kier alpha value is -2.08. The fourth-order valence-corrected chi connectivity index (χ4v) is 2.12. The summed E-state index contributed by atoms with van der Waals surface area (Å²) in [6.45, 7) is 1.75. The van der Waals surface area contributed by atoms with Gasteiger partial charge >= 0.3 is 0 Å². The maximum atomic E-state index is 13.2. The molecule has 4 N–H and O–H groups in total. The van der Waals surface area contributed by atoms with Crippen molar-refractivity contribution in [3.8, 4) is 5.75 Å². The van der Waals surface area contributed by atoms with Crippen LogP contribution in [0.2, 0.25) is 0 Å². The molecule has 0 radical (unpaired) electrons. The summed E-state index contributed by atoms with van der Waals surface area (Å²) in [7, 11) is 0. The Balaban J connectivity index is 2.28. The van der Waals surface area contributed by atoms with Gasteiger partial charge in [0.05, 0.1) is 11.3 Å². The molecule has 0 aliphatic rings. The van der Waals surface area contributed by atoms with Gasteiger partial charge < -0.3 is 16.2 Å². The molecule has 0 aliphatic carbocycles. The molecular formula is C14H12BrFN2O2. The molecule has 0 saturated carbocycles. The number of aromatic hydroxyl groups is 1. The molecule has 0 saturated heterocycles. The molecule has 0 fully saturated rings. The van der Waals surface area contributed by atoms with Crippen molar-refractivity contribution in [2.75, 3.05) is 11.1 Å². The SMILES string of the molecule is Cc1ccc(NC(=O)c2cc(N)c(F)cc2Br)cc1O. The molecule has 0 atom stereocenters. The number of rotatable bonds is 2. The van der Waals surface area contributed by atoms with Gasteiger partial charge in [-0.1, -0.05) is 6.07 Å². The molecule has 0 heterocycles. The van der Waals surface area contributed by atoms with E-state index < -0.39 is 11.7 Å². The van der Waals surface area contributed by atoms with E-state index in [2.05, 4.69) is 21.2 Å². The smallest absolute Gasteiger partial charge is 0.256 e. The van der Waals surface area contributed by atoms with Gasteiger partial charge in [0.1, 0.15) is 11.6 Å². The van der Waals surface area contributed by atoms with Gasteiger partial charge in [-0.25, -0.2) is 4.39 Å². The Morgan fingerprint density at radius 3 is 2.70 bits per heavy atom. The topological polar surface area (TPSA) is 75.4 Å². The number of carbonyl (C=O) groups is 1. The highest BCUT2D eigenvalue weighted by atomic mass is 79.9. The van der Waals surface area contributed by atoms with Gasteiger partial charge in [0.15, 0.2) is 0 Å². The molecule has 0 bridgehead atoms. The highest BCUT2D eigenvalue weighted by Crippen LogP contribution is 2.25. The predicted molar refractivity (Wildman–Crippen MR) is 79.3 cm³/mol. The van der Waals surface area contributed by atoms with Crippen LogP contribution in [0.3, 0.4) is 0 Å². The maximum absolute atomic E-state index is 13.2. The Kier molecular flexibility index (Phi) is 3.94. The fraction of sp³-hybridized carbons (Fsp3) is 0.0714. The van der Waals surface area contributed by atoms with Crippen LogP contribution in [0.5, 0.6) is 5.75 Å². The summed E-state index contributed by atoms with van der Waals surface area (Å²) in [6.07, 6.45) is 0. The van der Waals surface area contributed by atoms with E-state index in [9.17, 15) is 14.3 Å². The van der Waals surface area contributed by atoms with E-state index >= 15 is 0 Å². The summed E-state index contributed by atoms with van der Waals surface area (Å²) >= 11 is 3.12. The van der Waals surface area contributed by atoms with Crippen LogP contribution in [0.15, 0.2) is 34.8 Å². The summed E-state index contributed by atoms with van der Waals surface area (Å²) in [4.78, 5) is 12.1. The summed E-state index contributed by atoms with van der Waals surface area (Å²) in [5, 5.41) is 12.2. The molecule has 0 spiro atoms. The van der Waals surface area contributed by atoms with Crippen LogP contribution in [-0.2, 0) is 0 Å². The summed E-state index contributed by atoms with van der Waals surface area (Å²) in [6, 6.07) is 7.17. The summed E-state index contributed by atoms with van der Waals surface area (Å²) in [5.74, 6) is -0.964. The first kappa shape index (κ1) is 14.3. The number of nitrogens with two attached hydrogens (primary N) is 1. The molecule has 1 amide bonds. The van der Waals surface area contributed by atoms with Crippen LogP contribution >= 0.6 is 15.9 Å². The van der Waals surface area contributed by atoms with Gasteiger partial charge in [-0.05, 0) is 46.6 Å². The van der Waals surface area contributed by atoms with Crippen molar-refractivity contribution in [1.29, 1.82) is 0 Å². The number of phenolic OH excluding ortho intramolecular Hbond substituents is 1. The van der Waals surface area contributed by atoms with Gasteiger partial charge in [-0.3, -0.25) is 4.79 Å². The molecule has 0 aromatic heterocycles. The molecule has 20 heavy (non-hydrogen) atoms. The van der Waals surface area contributed by atoms with Crippen LogP contribution in [0.1, 0.15) is 15.9 Å². The first-order valence-corrected chi connectivity index (χ1v) is 6.53. The monoisotopic (exact) mass is 338 g/mol. The second-order valence-electron chi connectivity index (χ2n) is 4.31. The zero-order valence-corrected chi connectivity index (χ0v) is 12.2. The number of nitrogen functional groups attached to an aromatic ring is 1. The fourth-order valence-electron chi connectivity index (χ4n) is 1.63. The number of aryl methyl sites for hydroxylation is 1. The van der Waals surface area contributed by atoms with Crippen molar-refractivity contribution in [1.82, 2.24) is 0 Å². The lowest BCUT2D eigenvalue weighted by Crippen LogP contribution is -2.13. The molecule has 104 valence electrons. The largest absolute Gasteiger partial charge is 0.508 e. The van der Waals surface area contributed by atoms with Gasteiger partial charge in [-0.15, -0.1) is 0 Å². The minimum atomic E-state index is -0.596. The Morgan fingerprint density at radius 2 is 2.05 bits per heavy atom. The zero-order valence-electron chi connectivity index (χ0n) is 10.6. The Morgan fingerprint density at radius 1 is 1.35 bits per heavy atom. The van der Waals surface area contributed by atoms with Gasteiger partial charge in [0, 0.05) is 16.2 Å². The Bertz CT molecular complexity index is 689. The molecule has 0 aliphatic heterocycles. The minimum absolute atomic E-state index is 0.0838. The van der Waals surface area contributed by atoms with E-state index in [1.807, 2.05) is 0 Å². The molecular weight excluding hydrogens is 327 g/mol. The molecule has 4 nitrogen and oxygen atoms in total. The number of hydrogen-bond donors (Lipinski definition) is 3. The third-order valence-corrected chi connectivity index (χ3v) is 3.45. The molecule has 2 rings (SSSR count). The summed E-state index contributed by atoms with van der Waals surface area (Å²) in [5.41, 5.74) is 6.70. The van der Waals surface area contributed by atoms with Crippen molar-refractivity contribution in [3.05, 3.63) is 51.7 Å². The van der Waals surface area contributed by atoms with Crippen LogP contribution in [0.25, 0.3) is 0 Å². The van der Waals surface area contributed by atoms with Crippen molar-refractivity contribution < 1.29 is 14.3 Å². The lowest BCUT2D eigenvalue weighted by atomic mass is 10.1. The van der Waals surface area contributed by atoms with Crippen LogP contribution in [0.4, 0.5) is 15.8 Å². The molecule has 2 aromatic rings. The molecule has 6 heteroatoms. The number of amides is 1. The predicted octanol–water partition coefficient (Wildman–Crippen LogP) is 3.44. The van der Waals surface area contributed by atoms with E-state index in [1.54, 1.807) is 19.1 Å². The number of carbonyl (C=O) groups excluding carboxylic acids is 1. The van der Waals surface area contributed by atoms with Gasteiger partial charge in [0.25, 0.3) is 5.91 Å². The van der Waals surface area contributed by atoms with Crippen molar-refractivity contribution in [2.45, 2.75) is 6.92 Å². The average molecular weight is 339 g/mol. The zero-order chi connectivity index (χ0) is 14.9. The second kappa shape index (κ2) is 5.50. The van der Waals surface area contributed by atoms with Crippen molar-refractivity contribution in [2.24, 2.45) is 0 Å². The standard InChI is InChI=1S/C14H12BrFN2O2/c1-7-2-3-8(4-13(7)19)18-14(20)9-5-12(17)11(16)6-10(9)15/h2-6,19H,17H2,1H3,(H,18,20). The van der Waals surface area contributed by atoms with Gasteiger partial charge in [-0.2, -0.15) is 0 Å². The number of benzene rings is 2. The first-order chi connectivity index (χ1) is 9.38. The van der Waals surface area contributed by atoms with E-state index in [4.69, 9.17) is 5.73 Å². The van der Waals surface area contributed by atoms with Crippen LogP contribution in [0, 0.1) is 12.7 Å². The third-order valence-electron chi connectivity index (χ3n) is 2.80. The normalized spacial score (nSPS) is 10.3. The summed E-state index contributed by atoms with van der Waals surface area (Å²) < 4.78 is 13.5. The molecule has 2 aromatic carbocycles. The van der Waals surface area contributed by atoms with Crippen molar-refractivity contribution >= 4 is 33.2 Å². The van der Waals surface area contributed by atoms with E-state index in [-0.39, 0.29) is 17.0 Å². The lowest BCUT2D eigenvalue weighted by Gasteiger charge is -2.09. The number of nitrogens with one attached hydrogen (secondary N) is 1. The van der Waals surface area contributed by atoms with Gasteiger partial charge in [0.2, 0.25) is 0 Å². The number of hydrogen-bond acceptors (Lipinski definition) is 3. The number of halogens is 2. The van der Waals surface area contributed by atoms with E-state index in [0.29, 0.717) is 15.7 Å². The Labute approximate surface area is 123 Å². The van der Waals surface area contributed by atoms with E-state index in [1.165, 1.54) is 12.1 Å². The minimum Gasteiger partial charge on any atom is -0.508 e. The maximum Gasteiger partial charge on any atom is 0.256 e. The first-order valence-electron chi connectivity index (χ1n) is 5.74. The second-order valence-corrected chi connectivity index (χ2v) is 5.16. The number of anilines is 2. The highest BCUT2D eigenvalue weighted by molar-refractivity contribution is 9.10. The quantitative estimate of drug-likeness (QED) is 0.734. The van der Waals surface area contributed by atoms with E-state index in [0.717, 1.165) is 6.07 Å².